The number of carbonyl (C=O) groups excluding carboxylic acids is 3. The summed E-state index contributed by atoms with van der Waals surface area (Å²) in [6, 6.07) is 0. The van der Waals surface area contributed by atoms with Crippen molar-refractivity contribution < 1.29 is 28.6 Å². The third kappa shape index (κ3) is 59.3. The van der Waals surface area contributed by atoms with Gasteiger partial charge in [0.25, 0.3) is 0 Å². The maximum atomic E-state index is 12.9. The minimum absolute atomic E-state index is 0.0904. The predicted octanol–water partition coefficient (Wildman–Crippen LogP) is 21.1. The monoisotopic (exact) mass is 1020 g/mol. The molecule has 420 valence electrons. The molecule has 0 aromatic rings. The molecule has 0 aliphatic heterocycles. The molecule has 73 heavy (non-hydrogen) atoms. The Hall–Kier alpha value is -3.41. The number of allylic oxidation sites excluding steroid dienone is 14. The van der Waals surface area contributed by atoms with Crippen LogP contribution in [0.3, 0.4) is 0 Å². The molecule has 0 radical (unpaired) electrons. The predicted molar refractivity (Wildman–Crippen MR) is 316 cm³/mol. The summed E-state index contributed by atoms with van der Waals surface area (Å²) < 4.78 is 16.9. The van der Waals surface area contributed by atoms with Crippen LogP contribution in [0.1, 0.15) is 303 Å². The molecule has 1 atom stereocenters. The molecule has 0 N–H and O–H groups in total. The Bertz CT molecular complexity index is 1400. The molecule has 0 aromatic carbocycles. The molecular formula is C67H116O6. The molecule has 1 unspecified atom stereocenters. The van der Waals surface area contributed by atoms with E-state index in [1.807, 2.05) is 0 Å². The molecule has 0 saturated heterocycles. The van der Waals surface area contributed by atoms with Crippen molar-refractivity contribution in [3.8, 4) is 0 Å². The third-order valence-corrected chi connectivity index (χ3v) is 13.4. The maximum absolute atomic E-state index is 12.9. The van der Waals surface area contributed by atoms with Gasteiger partial charge in [-0.15, -0.1) is 0 Å². The number of ether oxygens (including phenoxy) is 3. The van der Waals surface area contributed by atoms with Gasteiger partial charge in [0.15, 0.2) is 6.10 Å². The van der Waals surface area contributed by atoms with Crippen LogP contribution < -0.4 is 0 Å². The van der Waals surface area contributed by atoms with E-state index in [9.17, 15) is 14.4 Å². The standard InChI is InChI=1S/C67H116O6/c1-4-7-10-13-16-19-22-25-28-30-32-33-34-35-36-38-39-42-45-48-51-54-57-60-66(69)72-63-64(62-71-65(68)59-56-53-50-47-44-41-27-24-21-18-15-12-9-6-3)73-67(70)61-58-55-52-49-46-43-40-37-31-29-26-23-20-17-14-11-8-5-2/h7,10,16,19,25,28,32-33,35-36,39,42,48,51,64H,4-6,8-9,11-15,17-18,20-24,26-27,29-31,34,37-38,40-41,43-47,49-50,52-63H2,1-3H3/b10-7-,19-16-,28-25-,33-32-,36-35-,42-39-,51-48-. The number of hydrogen-bond acceptors (Lipinski definition) is 6. The zero-order valence-electron chi connectivity index (χ0n) is 48.1. The molecule has 0 rings (SSSR count). The molecule has 0 heterocycles. The second-order valence-electron chi connectivity index (χ2n) is 20.6. The summed E-state index contributed by atoms with van der Waals surface area (Å²) in [6.07, 6.45) is 80.1. The quantitative estimate of drug-likeness (QED) is 0.0261. The molecule has 0 aliphatic carbocycles. The third-order valence-electron chi connectivity index (χ3n) is 13.4. The largest absolute Gasteiger partial charge is 0.462 e. The van der Waals surface area contributed by atoms with Gasteiger partial charge in [0, 0.05) is 19.3 Å². The van der Waals surface area contributed by atoms with Gasteiger partial charge < -0.3 is 14.2 Å². The van der Waals surface area contributed by atoms with Crippen molar-refractivity contribution in [3.05, 3.63) is 85.1 Å². The maximum Gasteiger partial charge on any atom is 0.306 e. The minimum atomic E-state index is -0.798. The van der Waals surface area contributed by atoms with E-state index in [1.54, 1.807) is 0 Å². The summed E-state index contributed by atoms with van der Waals surface area (Å²) in [5.41, 5.74) is 0. The Balaban J connectivity index is 4.44. The van der Waals surface area contributed by atoms with Gasteiger partial charge >= 0.3 is 17.9 Å². The van der Waals surface area contributed by atoms with Crippen LogP contribution in [0, 0.1) is 0 Å². The van der Waals surface area contributed by atoms with Gasteiger partial charge in [-0.05, 0) is 70.6 Å². The average molecular weight is 1020 g/mol. The summed E-state index contributed by atoms with van der Waals surface area (Å²) in [4.78, 5) is 38.2. The zero-order valence-corrected chi connectivity index (χ0v) is 48.1. The van der Waals surface area contributed by atoms with Gasteiger partial charge in [-0.25, -0.2) is 0 Å². The summed E-state index contributed by atoms with van der Waals surface area (Å²) >= 11 is 0. The average Bonchev–Trinajstić information content (AvgIpc) is 3.39. The number of rotatable bonds is 56. The lowest BCUT2D eigenvalue weighted by atomic mass is 10.0. The van der Waals surface area contributed by atoms with Crippen LogP contribution in [-0.4, -0.2) is 37.2 Å². The molecule has 6 heteroatoms. The van der Waals surface area contributed by atoms with Gasteiger partial charge in [0.1, 0.15) is 13.2 Å². The number of carbonyl (C=O) groups is 3. The fourth-order valence-electron chi connectivity index (χ4n) is 8.79. The summed E-state index contributed by atoms with van der Waals surface area (Å²) in [5.74, 6) is -0.938. The number of unbranched alkanes of at least 4 members (excludes halogenated alkanes) is 31. The van der Waals surface area contributed by atoms with Crippen molar-refractivity contribution in [1.82, 2.24) is 0 Å². The van der Waals surface area contributed by atoms with Crippen LogP contribution in [0.25, 0.3) is 0 Å². The molecule has 0 aromatic heterocycles. The van der Waals surface area contributed by atoms with E-state index >= 15 is 0 Å². The Morgan fingerprint density at radius 3 is 0.836 bits per heavy atom. The molecule has 0 saturated carbocycles. The Kier molecular flexibility index (Phi) is 58.3. The van der Waals surface area contributed by atoms with E-state index in [-0.39, 0.29) is 37.5 Å². The highest BCUT2D eigenvalue weighted by Gasteiger charge is 2.19. The van der Waals surface area contributed by atoms with E-state index < -0.39 is 6.10 Å². The Labute approximate surface area is 452 Å². The molecule has 0 spiro atoms. The highest BCUT2D eigenvalue weighted by atomic mass is 16.6. The second kappa shape index (κ2) is 61.1. The van der Waals surface area contributed by atoms with Crippen molar-refractivity contribution in [1.29, 1.82) is 0 Å². The fraction of sp³-hybridized carbons (Fsp3) is 0.746. The van der Waals surface area contributed by atoms with Crippen molar-refractivity contribution in [2.24, 2.45) is 0 Å². The highest BCUT2D eigenvalue weighted by Crippen LogP contribution is 2.17. The normalized spacial score (nSPS) is 12.6. The molecule has 0 aliphatic rings. The van der Waals surface area contributed by atoms with Gasteiger partial charge in [0.05, 0.1) is 0 Å². The summed E-state index contributed by atoms with van der Waals surface area (Å²) in [5, 5.41) is 0. The van der Waals surface area contributed by atoms with Crippen LogP contribution in [0.4, 0.5) is 0 Å². The SMILES string of the molecule is CC/C=C\C/C=C\C/C=C\C/C=C\C/C=C\C/C=C\C/C=C\CCCC(=O)OCC(COC(=O)CCCCCCCCCCCCCCCC)OC(=O)CCCCCCCCCCCCCCCCCCCC. The van der Waals surface area contributed by atoms with Crippen LogP contribution in [0.2, 0.25) is 0 Å². The minimum Gasteiger partial charge on any atom is -0.462 e. The second-order valence-corrected chi connectivity index (χ2v) is 20.6. The highest BCUT2D eigenvalue weighted by molar-refractivity contribution is 5.71. The van der Waals surface area contributed by atoms with Gasteiger partial charge in [0.2, 0.25) is 0 Å². The van der Waals surface area contributed by atoms with Crippen LogP contribution >= 0.6 is 0 Å². The van der Waals surface area contributed by atoms with Crippen LogP contribution in [0.15, 0.2) is 85.1 Å². The fourth-order valence-corrected chi connectivity index (χ4v) is 8.79. The first-order valence-electron chi connectivity index (χ1n) is 31.1. The molecule has 6 nitrogen and oxygen atoms in total. The lowest BCUT2D eigenvalue weighted by Crippen LogP contribution is -2.30. The molecule has 0 bridgehead atoms. The van der Waals surface area contributed by atoms with Crippen LogP contribution in [-0.2, 0) is 28.6 Å². The van der Waals surface area contributed by atoms with Crippen molar-refractivity contribution >= 4 is 17.9 Å². The van der Waals surface area contributed by atoms with E-state index in [0.29, 0.717) is 19.3 Å². The van der Waals surface area contributed by atoms with Gasteiger partial charge in [-0.2, -0.15) is 0 Å². The van der Waals surface area contributed by atoms with Gasteiger partial charge in [-0.3, -0.25) is 14.4 Å². The molecule has 0 amide bonds. The topological polar surface area (TPSA) is 78.9 Å². The number of esters is 3. The molecule has 0 fully saturated rings. The lowest BCUT2D eigenvalue weighted by molar-refractivity contribution is -0.167. The van der Waals surface area contributed by atoms with Crippen LogP contribution in [0.5, 0.6) is 0 Å². The van der Waals surface area contributed by atoms with E-state index in [2.05, 4.69) is 106 Å². The first-order chi connectivity index (χ1) is 36.0. The van der Waals surface area contributed by atoms with Crippen molar-refractivity contribution in [2.45, 2.75) is 309 Å². The van der Waals surface area contributed by atoms with E-state index in [0.717, 1.165) is 89.9 Å². The van der Waals surface area contributed by atoms with Crippen molar-refractivity contribution in [3.63, 3.8) is 0 Å². The smallest absolute Gasteiger partial charge is 0.306 e. The Morgan fingerprint density at radius 1 is 0.288 bits per heavy atom. The first kappa shape index (κ1) is 69.6. The zero-order chi connectivity index (χ0) is 52.9. The summed E-state index contributed by atoms with van der Waals surface area (Å²) in [7, 11) is 0. The van der Waals surface area contributed by atoms with Crippen molar-refractivity contribution in [2.75, 3.05) is 13.2 Å². The van der Waals surface area contributed by atoms with Gasteiger partial charge in [-0.1, -0.05) is 298 Å². The van der Waals surface area contributed by atoms with E-state index in [1.165, 1.54) is 167 Å². The first-order valence-corrected chi connectivity index (χ1v) is 31.1. The molecular weight excluding hydrogens is 901 g/mol. The number of hydrogen-bond donors (Lipinski definition) is 0. The van der Waals surface area contributed by atoms with E-state index in [4.69, 9.17) is 14.2 Å². The lowest BCUT2D eigenvalue weighted by Gasteiger charge is -2.18. The Morgan fingerprint density at radius 2 is 0.534 bits per heavy atom. The summed E-state index contributed by atoms with van der Waals surface area (Å²) in [6.45, 7) is 6.52.